The van der Waals surface area contributed by atoms with Crippen LogP contribution in [-0.4, -0.2) is 37.7 Å². The molecule has 1 aliphatic carbocycles. The van der Waals surface area contributed by atoms with E-state index in [1.807, 2.05) is 68.6 Å². The number of rotatable bonds is 5. The minimum Gasteiger partial charge on any atom is -0.334 e. The highest BCUT2D eigenvalue weighted by Crippen LogP contribution is 2.39. The lowest BCUT2D eigenvalue weighted by molar-refractivity contribution is 0.0644. The Morgan fingerprint density at radius 3 is 2.38 bits per heavy atom. The summed E-state index contributed by atoms with van der Waals surface area (Å²) in [7, 11) is 1.93. The van der Waals surface area contributed by atoms with Gasteiger partial charge in [0.25, 0.3) is 5.91 Å². The third-order valence-corrected chi connectivity index (χ3v) is 4.48. The molecule has 5 heteroatoms. The first kappa shape index (κ1) is 16.7. The fourth-order valence-electron chi connectivity index (χ4n) is 3.28. The molecule has 1 aliphatic rings. The maximum atomic E-state index is 13.1. The van der Waals surface area contributed by atoms with Crippen LogP contribution in [0.4, 0.5) is 0 Å². The van der Waals surface area contributed by atoms with Crippen molar-refractivity contribution in [1.82, 2.24) is 19.7 Å². The van der Waals surface area contributed by atoms with Gasteiger partial charge in [0.05, 0.1) is 5.56 Å². The van der Waals surface area contributed by atoms with Gasteiger partial charge in [-0.15, -0.1) is 0 Å². The number of carbonyl (C=O) groups excluding carboxylic acids is 1. The van der Waals surface area contributed by atoms with Crippen LogP contribution in [0.15, 0.2) is 24.3 Å². The minimum absolute atomic E-state index is 0.0380. The van der Waals surface area contributed by atoms with Crippen LogP contribution in [-0.2, 0) is 7.05 Å². The molecule has 0 bridgehead atoms. The van der Waals surface area contributed by atoms with E-state index in [-0.39, 0.29) is 18.0 Å². The first-order chi connectivity index (χ1) is 11.4. The van der Waals surface area contributed by atoms with Gasteiger partial charge in [-0.05, 0) is 46.6 Å². The molecule has 0 aliphatic heterocycles. The van der Waals surface area contributed by atoms with Crippen LogP contribution in [0.25, 0.3) is 11.4 Å². The van der Waals surface area contributed by atoms with Crippen molar-refractivity contribution in [3.05, 3.63) is 35.7 Å². The lowest BCUT2D eigenvalue weighted by Gasteiger charge is -2.31. The number of amides is 1. The summed E-state index contributed by atoms with van der Waals surface area (Å²) in [4.78, 5) is 19.7. The molecule has 0 unspecified atom stereocenters. The first-order valence-electron chi connectivity index (χ1n) is 8.73. The lowest BCUT2D eigenvalue weighted by atomic mass is 10.0. The van der Waals surface area contributed by atoms with E-state index in [9.17, 15) is 4.79 Å². The van der Waals surface area contributed by atoms with Crippen LogP contribution in [0.1, 0.15) is 62.6 Å². The van der Waals surface area contributed by atoms with E-state index in [0.29, 0.717) is 17.3 Å². The molecule has 5 nitrogen and oxygen atoms in total. The van der Waals surface area contributed by atoms with Gasteiger partial charge in [-0.1, -0.05) is 18.2 Å². The first-order valence-corrected chi connectivity index (χ1v) is 8.73. The Morgan fingerprint density at radius 2 is 1.79 bits per heavy atom. The van der Waals surface area contributed by atoms with Crippen molar-refractivity contribution in [1.29, 1.82) is 0 Å². The Bertz CT molecular complexity index is 736. The number of nitrogens with zero attached hydrogens (tertiary/aromatic N) is 4. The molecule has 1 aromatic carbocycles. The number of hydrogen-bond donors (Lipinski definition) is 0. The van der Waals surface area contributed by atoms with Gasteiger partial charge in [0.2, 0.25) is 0 Å². The highest BCUT2D eigenvalue weighted by Gasteiger charge is 2.30. The van der Waals surface area contributed by atoms with Gasteiger partial charge < -0.3 is 4.90 Å². The monoisotopic (exact) mass is 326 g/mol. The predicted octanol–water partition coefficient (Wildman–Crippen LogP) is 3.62. The van der Waals surface area contributed by atoms with Gasteiger partial charge >= 0.3 is 0 Å². The van der Waals surface area contributed by atoms with Crippen molar-refractivity contribution < 1.29 is 4.79 Å². The second-order valence-electron chi connectivity index (χ2n) is 7.14. The SMILES string of the molecule is CC(C)N(C(=O)c1ccccc1-c1nc(C2CC2)n(C)n1)C(C)C. The number of benzene rings is 1. The molecule has 0 radical (unpaired) electrons. The maximum Gasteiger partial charge on any atom is 0.255 e. The molecule has 0 spiro atoms. The summed E-state index contributed by atoms with van der Waals surface area (Å²) in [5.41, 5.74) is 1.49. The van der Waals surface area contributed by atoms with Gasteiger partial charge in [-0.2, -0.15) is 5.10 Å². The number of carbonyl (C=O) groups is 1. The lowest BCUT2D eigenvalue weighted by Crippen LogP contribution is -2.42. The van der Waals surface area contributed by atoms with Crippen LogP contribution in [0.5, 0.6) is 0 Å². The fourth-order valence-corrected chi connectivity index (χ4v) is 3.28. The van der Waals surface area contributed by atoms with Crippen LogP contribution in [0.2, 0.25) is 0 Å². The van der Waals surface area contributed by atoms with E-state index in [4.69, 9.17) is 4.98 Å². The minimum atomic E-state index is 0.0380. The molecule has 24 heavy (non-hydrogen) atoms. The van der Waals surface area contributed by atoms with E-state index in [2.05, 4.69) is 5.10 Å². The van der Waals surface area contributed by atoms with Gasteiger partial charge in [-0.25, -0.2) is 4.98 Å². The zero-order valence-electron chi connectivity index (χ0n) is 15.2. The zero-order chi connectivity index (χ0) is 17.4. The Kier molecular flexibility index (Phi) is 4.43. The molecule has 1 fully saturated rings. The zero-order valence-corrected chi connectivity index (χ0v) is 15.2. The molecule has 1 amide bonds. The molecular weight excluding hydrogens is 300 g/mol. The summed E-state index contributed by atoms with van der Waals surface area (Å²) < 4.78 is 1.86. The van der Waals surface area contributed by atoms with E-state index < -0.39 is 0 Å². The topological polar surface area (TPSA) is 51.0 Å². The third kappa shape index (κ3) is 3.07. The van der Waals surface area contributed by atoms with E-state index in [0.717, 1.165) is 11.4 Å². The Morgan fingerprint density at radius 1 is 1.17 bits per heavy atom. The molecule has 0 N–H and O–H groups in total. The van der Waals surface area contributed by atoms with Crippen molar-refractivity contribution in [3.63, 3.8) is 0 Å². The molecular formula is C19H26N4O. The summed E-state index contributed by atoms with van der Waals surface area (Å²) in [6, 6.07) is 7.95. The summed E-state index contributed by atoms with van der Waals surface area (Å²) in [6.45, 7) is 8.19. The normalized spacial score (nSPS) is 14.5. The second kappa shape index (κ2) is 6.38. The summed E-state index contributed by atoms with van der Waals surface area (Å²) >= 11 is 0. The van der Waals surface area contributed by atoms with Crippen molar-refractivity contribution in [2.45, 2.75) is 58.5 Å². The van der Waals surface area contributed by atoms with Crippen molar-refractivity contribution in [3.8, 4) is 11.4 Å². The van der Waals surface area contributed by atoms with Gasteiger partial charge in [0.1, 0.15) is 5.82 Å². The summed E-state index contributed by atoms with van der Waals surface area (Å²) in [5, 5.41) is 4.57. The van der Waals surface area contributed by atoms with Crippen LogP contribution < -0.4 is 0 Å². The van der Waals surface area contributed by atoms with Crippen LogP contribution >= 0.6 is 0 Å². The Labute approximate surface area is 143 Å². The van der Waals surface area contributed by atoms with Crippen LogP contribution in [0, 0.1) is 0 Å². The third-order valence-electron chi connectivity index (χ3n) is 4.48. The molecule has 0 atom stereocenters. The van der Waals surface area contributed by atoms with E-state index >= 15 is 0 Å². The van der Waals surface area contributed by atoms with E-state index in [1.165, 1.54) is 12.8 Å². The number of hydrogen-bond acceptors (Lipinski definition) is 3. The highest BCUT2D eigenvalue weighted by molar-refractivity contribution is 6.00. The summed E-state index contributed by atoms with van der Waals surface area (Å²) in [6.07, 6.45) is 2.36. The Hall–Kier alpha value is -2.17. The maximum absolute atomic E-state index is 13.1. The van der Waals surface area contributed by atoms with Gasteiger partial charge in [0.15, 0.2) is 5.82 Å². The standard InChI is InChI=1S/C19H26N4O/c1-12(2)23(13(3)4)19(24)16-9-7-6-8-15(16)17-20-18(14-10-11-14)22(5)21-17/h6-9,12-14H,10-11H2,1-5H3. The highest BCUT2D eigenvalue weighted by atomic mass is 16.2. The summed E-state index contributed by atoms with van der Waals surface area (Å²) in [5.74, 6) is 2.24. The number of aryl methyl sites for hydroxylation is 1. The van der Waals surface area contributed by atoms with Crippen molar-refractivity contribution >= 4 is 5.91 Å². The van der Waals surface area contributed by atoms with Crippen LogP contribution in [0.3, 0.4) is 0 Å². The number of aromatic nitrogens is 3. The molecule has 1 heterocycles. The fraction of sp³-hybridized carbons (Fsp3) is 0.526. The van der Waals surface area contributed by atoms with Gasteiger partial charge in [-0.3, -0.25) is 9.48 Å². The van der Waals surface area contributed by atoms with E-state index in [1.54, 1.807) is 0 Å². The molecule has 128 valence electrons. The Balaban J connectivity index is 2.02. The average molecular weight is 326 g/mol. The van der Waals surface area contributed by atoms with Crippen molar-refractivity contribution in [2.75, 3.05) is 0 Å². The average Bonchev–Trinajstić information content (AvgIpc) is 3.29. The largest absolute Gasteiger partial charge is 0.334 e. The van der Waals surface area contributed by atoms with Gasteiger partial charge in [0, 0.05) is 30.6 Å². The van der Waals surface area contributed by atoms with Crippen molar-refractivity contribution in [2.24, 2.45) is 7.05 Å². The molecule has 3 rings (SSSR count). The predicted molar refractivity (Wildman–Crippen MR) is 94.9 cm³/mol. The quantitative estimate of drug-likeness (QED) is 0.843. The molecule has 2 aromatic rings. The molecule has 1 saturated carbocycles. The smallest absolute Gasteiger partial charge is 0.255 e. The molecule has 1 aromatic heterocycles. The second-order valence-corrected chi connectivity index (χ2v) is 7.14. The molecule has 0 saturated heterocycles.